The Bertz CT molecular complexity index is 968. The van der Waals surface area contributed by atoms with Gasteiger partial charge < -0.3 is 14.9 Å². The molecule has 7 nitrogen and oxygen atoms in total. The summed E-state index contributed by atoms with van der Waals surface area (Å²) in [4.78, 5) is 12.9. The highest BCUT2D eigenvalue weighted by molar-refractivity contribution is 7.33. The first-order valence-electron chi connectivity index (χ1n) is 25.5. The topological polar surface area (TPSA) is 84.9 Å². The molecule has 0 aliphatic carbocycles. The van der Waals surface area contributed by atoms with E-state index in [9.17, 15) is 14.5 Å². The van der Waals surface area contributed by atoms with Crippen LogP contribution in [0.25, 0.3) is 0 Å². The van der Waals surface area contributed by atoms with Crippen LogP contribution in [0.15, 0.2) is 24.3 Å². The molecule has 0 aromatic heterocycles. The van der Waals surface area contributed by atoms with Crippen molar-refractivity contribution in [1.82, 2.24) is 5.32 Å². The summed E-state index contributed by atoms with van der Waals surface area (Å²) in [5, 5.41) is 13.9. The number of allylic oxidation sites excluding steroid dienone is 3. The van der Waals surface area contributed by atoms with Gasteiger partial charge in [0, 0.05) is 11.0 Å². The van der Waals surface area contributed by atoms with Gasteiger partial charge in [-0.1, -0.05) is 218 Å². The molecule has 1 unspecified atom stereocenters. The number of rotatable bonds is 47. The minimum absolute atomic E-state index is 0.0632. The van der Waals surface area contributed by atoms with E-state index in [4.69, 9.17) is 9.05 Å². The molecule has 0 aromatic carbocycles. The highest BCUT2D eigenvalue weighted by Crippen LogP contribution is 2.24. The Hall–Kier alpha value is -1.11. The van der Waals surface area contributed by atoms with Crippen molar-refractivity contribution in [2.75, 3.05) is 40.9 Å². The number of carbonyl (C=O) groups excluding carboxylic acids is 1. The van der Waals surface area contributed by atoms with Gasteiger partial charge in [-0.2, -0.15) is 0 Å². The number of aliphatic hydroxyl groups is 1. The Morgan fingerprint density at radius 1 is 0.542 bits per heavy atom. The fourth-order valence-corrected chi connectivity index (χ4v) is 8.08. The van der Waals surface area contributed by atoms with Crippen LogP contribution in [-0.4, -0.2) is 68.5 Å². The lowest BCUT2D eigenvalue weighted by molar-refractivity contribution is -0.870. The maximum absolute atomic E-state index is 12.9. The molecule has 0 rings (SSSR count). The largest absolute Gasteiger partial charge is 0.697 e. The van der Waals surface area contributed by atoms with Crippen LogP contribution in [0.4, 0.5) is 0 Å². The third-order valence-corrected chi connectivity index (χ3v) is 12.3. The quantitative estimate of drug-likeness (QED) is 0.0276. The lowest BCUT2D eigenvalue weighted by Gasteiger charge is -2.22. The van der Waals surface area contributed by atoms with Gasteiger partial charge in [-0.05, 0) is 44.9 Å². The van der Waals surface area contributed by atoms with Crippen LogP contribution in [-0.2, 0) is 18.4 Å². The maximum Gasteiger partial charge on any atom is 0.697 e. The van der Waals surface area contributed by atoms with Gasteiger partial charge in [0.25, 0.3) is 0 Å². The average molecular weight is 853 g/mol. The van der Waals surface area contributed by atoms with Crippen molar-refractivity contribution in [2.45, 2.75) is 257 Å². The molecule has 0 aliphatic heterocycles. The Morgan fingerprint density at radius 2 is 0.898 bits per heavy atom. The third kappa shape index (κ3) is 46.2. The van der Waals surface area contributed by atoms with Crippen molar-refractivity contribution >= 4 is 14.2 Å². The second kappa shape index (κ2) is 44.9. The Kier molecular flexibility index (Phi) is 44.1. The van der Waals surface area contributed by atoms with Gasteiger partial charge in [-0.15, -0.1) is 9.05 Å². The van der Waals surface area contributed by atoms with E-state index in [0.29, 0.717) is 24.1 Å². The molecular weight excluding hydrogens is 752 g/mol. The molecule has 0 aliphatic rings. The van der Waals surface area contributed by atoms with Gasteiger partial charge in [-0.25, -0.2) is 0 Å². The van der Waals surface area contributed by atoms with Crippen molar-refractivity contribution < 1.29 is 28.0 Å². The van der Waals surface area contributed by atoms with Crippen LogP contribution in [0.1, 0.15) is 245 Å². The Morgan fingerprint density at radius 3 is 1.29 bits per heavy atom. The van der Waals surface area contributed by atoms with Gasteiger partial charge in [0.05, 0.1) is 33.3 Å². The lowest BCUT2D eigenvalue weighted by atomic mass is 10.0. The molecule has 1 amide bonds. The molecule has 0 saturated heterocycles. The third-order valence-electron chi connectivity index (χ3n) is 11.6. The average Bonchev–Trinajstić information content (AvgIpc) is 3.20. The minimum atomic E-state index is -2.33. The number of nitrogens with one attached hydrogen (secondary N) is 1. The van der Waals surface area contributed by atoms with E-state index >= 15 is 0 Å². The zero-order valence-corrected chi connectivity index (χ0v) is 40.9. The molecule has 0 bridgehead atoms. The number of amides is 1. The fourth-order valence-electron chi connectivity index (χ4n) is 7.49. The number of hydrogen-bond donors (Lipinski definition) is 2. The summed E-state index contributed by atoms with van der Waals surface area (Å²) < 4.78 is 24.0. The Balaban J connectivity index is 4.09. The summed E-state index contributed by atoms with van der Waals surface area (Å²) in [6.07, 6.45) is 53.6. The lowest BCUT2D eigenvalue weighted by Crippen LogP contribution is -2.45. The summed E-state index contributed by atoms with van der Waals surface area (Å²) in [6, 6.07) is -0.673. The van der Waals surface area contributed by atoms with Gasteiger partial charge in [0.1, 0.15) is 13.2 Å². The van der Waals surface area contributed by atoms with Gasteiger partial charge in [0.2, 0.25) is 5.91 Å². The summed E-state index contributed by atoms with van der Waals surface area (Å²) in [5.41, 5.74) is 0. The molecule has 3 atom stereocenters. The van der Waals surface area contributed by atoms with E-state index in [1.165, 1.54) is 193 Å². The molecule has 2 N–H and O–H groups in total. The fraction of sp³-hybridized carbons (Fsp3) is 0.902. The molecular formula is C51H101N2O5P+2. The van der Waals surface area contributed by atoms with Crippen LogP contribution in [0.5, 0.6) is 0 Å². The number of hydrogen-bond acceptors (Lipinski definition) is 5. The number of unbranched alkanes of at least 4 members (excludes halogenated alkanes) is 32. The zero-order chi connectivity index (χ0) is 43.3. The second-order valence-corrected chi connectivity index (χ2v) is 19.6. The van der Waals surface area contributed by atoms with Crippen molar-refractivity contribution in [3.05, 3.63) is 24.3 Å². The van der Waals surface area contributed by atoms with Crippen LogP contribution in [0, 0.1) is 0 Å². The number of carbonyl (C=O) groups is 1. The number of nitrogens with zero attached hydrogens (tertiary/aromatic N) is 1. The standard InChI is InChI=1S/C51H100N2O5P/c1-6-8-10-12-14-16-18-20-21-22-23-24-25-26-27-28-29-30-31-33-35-37-39-41-43-45-51(55)52-49(48-58-59(56)57-47-46-53(3,4)5)50(54)44-42-40-38-36-34-32-19-17-15-13-11-9-7-2/h22-23,42,44,49-50,54H,6-21,24-41,43,45-48H2,1-5H3/q+1/p+1/b23-22-,44-42+/t49-,50+/m0/s1. The molecule has 0 radical (unpaired) electrons. The normalized spacial score (nSPS) is 13.5. The molecule has 0 fully saturated rings. The van der Waals surface area contributed by atoms with Crippen molar-refractivity contribution in [3.63, 3.8) is 0 Å². The maximum atomic E-state index is 12.9. The minimum Gasteiger partial charge on any atom is -0.387 e. The van der Waals surface area contributed by atoms with E-state index in [1.54, 1.807) is 6.08 Å². The number of quaternary nitrogens is 1. The smallest absolute Gasteiger partial charge is 0.387 e. The number of likely N-dealkylation sites (N-methyl/N-ethyl adjacent to an activating group) is 1. The molecule has 0 aromatic rings. The predicted octanol–water partition coefficient (Wildman–Crippen LogP) is 15.4. The summed E-state index contributed by atoms with van der Waals surface area (Å²) in [7, 11) is 3.81. The van der Waals surface area contributed by atoms with Crippen LogP contribution in [0.2, 0.25) is 0 Å². The summed E-state index contributed by atoms with van der Waals surface area (Å²) in [6.45, 7) is 5.51. The van der Waals surface area contributed by atoms with Gasteiger partial charge in [-0.3, -0.25) is 4.79 Å². The molecule has 0 spiro atoms. The van der Waals surface area contributed by atoms with Crippen molar-refractivity contribution in [3.8, 4) is 0 Å². The van der Waals surface area contributed by atoms with E-state index in [1.807, 2.05) is 27.2 Å². The predicted molar refractivity (Wildman–Crippen MR) is 256 cm³/mol. The van der Waals surface area contributed by atoms with Crippen molar-refractivity contribution in [2.24, 2.45) is 0 Å². The summed E-state index contributed by atoms with van der Waals surface area (Å²) >= 11 is 0. The molecule has 8 heteroatoms. The van der Waals surface area contributed by atoms with Crippen LogP contribution >= 0.6 is 8.25 Å². The number of aliphatic hydroxyl groups excluding tert-OH is 1. The first-order valence-corrected chi connectivity index (χ1v) is 26.6. The van der Waals surface area contributed by atoms with E-state index in [0.717, 1.165) is 32.1 Å². The molecule has 0 heterocycles. The first kappa shape index (κ1) is 57.9. The van der Waals surface area contributed by atoms with Gasteiger partial charge in [0.15, 0.2) is 6.61 Å². The zero-order valence-electron chi connectivity index (χ0n) is 40.0. The van der Waals surface area contributed by atoms with Gasteiger partial charge >= 0.3 is 8.25 Å². The SMILES string of the molecule is CCCCCCCCCC/C=C\CCCCCCCCCCCCCCCC(=O)N[C@@H](CO[P+](=O)OCC[N+](C)(C)C)[C@H](O)/C=C/CCCCCCCCCCCCC. The molecule has 0 saturated carbocycles. The van der Waals surface area contributed by atoms with E-state index < -0.39 is 20.4 Å². The van der Waals surface area contributed by atoms with E-state index in [2.05, 4.69) is 31.3 Å². The first-order chi connectivity index (χ1) is 28.7. The van der Waals surface area contributed by atoms with Crippen LogP contribution < -0.4 is 5.32 Å². The Labute approximate surface area is 368 Å². The highest BCUT2D eigenvalue weighted by atomic mass is 31.1. The molecule has 348 valence electrons. The highest BCUT2D eigenvalue weighted by Gasteiger charge is 2.28. The van der Waals surface area contributed by atoms with Crippen molar-refractivity contribution in [1.29, 1.82) is 0 Å². The molecule has 59 heavy (non-hydrogen) atoms. The van der Waals surface area contributed by atoms with Crippen LogP contribution in [0.3, 0.4) is 0 Å². The monoisotopic (exact) mass is 853 g/mol. The van der Waals surface area contributed by atoms with E-state index in [-0.39, 0.29) is 12.5 Å². The summed E-state index contributed by atoms with van der Waals surface area (Å²) in [5.74, 6) is -0.0943. The second-order valence-electron chi connectivity index (χ2n) is 18.7.